The Morgan fingerprint density at radius 2 is 2.24 bits per heavy atom. The van der Waals surface area contributed by atoms with Crippen LogP contribution in [0.2, 0.25) is 0 Å². The highest BCUT2D eigenvalue weighted by Gasteiger charge is 2.30. The Kier molecular flexibility index (Phi) is 4.80. The Balaban J connectivity index is 1.51. The van der Waals surface area contributed by atoms with Gasteiger partial charge in [0.05, 0.1) is 0 Å². The zero-order valence-electron chi connectivity index (χ0n) is 12.7. The minimum Gasteiger partial charge on any atom is -0.483 e. The molecule has 0 radical (unpaired) electrons. The normalized spacial score (nSPS) is 24.4. The Morgan fingerprint density at radius 1 is 1.38 bits per heavy atom. The van der Waals surface area contributed by atoms with Crippen LogP contribution in [0.15, 0.2) is 16.8 Å². The van der Waals surface area contributed by atoms with E-state index < -0.39 is 0 Å². The van der Waals surface area contributed by atoms with E-state index in [9.17, 15) is 4.79 Å². The number of nitrogens with zero attached hydrogens (tertiary/aromatic N) is 2. The van der Waals surface area contributed by atoms with E-state index in [0.717, 1.165) is 38.0 Å². The van der Waals surface area contributed by atoms with Crippen molar-refractivity contribution >= 4 is 17.2 Å². The first-order chi connectivity index (χ1) is 10.2. The minimum absolute atomic E-state index is 0.114. The van der Waals surface area contributed by atoms with Gasteiger partial charge in [0, 0.05) is 37.6 Å². The molecule has 1 saturated carbocycles. The summed E-state index contributed by atoms with van der Waals surface area (Å²) in [5.41, 5.74) is 0. The van der Waals surface area contributed by atoms with Gasteiger partial charge in [-0.15, -0.1) is 11.3 Å². The first kappa shape index (κ1) is 14.9. The second-order valence-corrected chi connectivity index (χ2v) is 7.05. The summed E-state index contributed by atoms with van der Waals surface area (Å²) in [7, 11) is 0. The molecule has 1 unspecified atom stereocenters. The number of thiophene rings is 1. The van der Waals surface area contributed by atoms with Crippen LogP contribution in [0.3, 0.4) is 0 Å². The van der Waals surface area contributed by atoms with E-state index >= 15 is 0 Å². The Bertz CT molecular complexity index is 459. The lowest BCUT2D eigenvalue weighted by atomic mass is 9.91. The van der Waals surface area contributed by atoms with Crippen molar-refractivity contribution in [3.8, 4) is 5.75 Å². The van der Waals surface area contributed by atoms with Gasteiger partial charge in [-0.2, -0.15) is 0 Å². The van der Waals surface area contributed by atoms with Crippen molar-refractivity contribution in [2.24, 2.45) is 5.92 Å². The van der Waals surface area contributed by atoms with Gasteiger partial charge in [0.25, 0.3) is 5.91 Å². The summed E-state index contributed by atoms with van der Waals surface area (Å²) >= 11 is 1.59. The van der Waals surface area contributed by atoms with Gasteiger partial charge < -0.3 is 9.64 Å². The van der Waals surface area contributed by atoms with Crippen LogP contribution < -0.4 is 4.74 Å². The molecule has 5 heteroatoms. The van der Waals surface area contributed by atoms with Gasteiger partial charge in [-0.05, 0) is 30.2 Å². The van der Waals surface area contributed by atoms with Crippen molar-refractivity contribution in [1.82, 2.24) is 9.80 Å². The van der Waals surface area contributed by atoms with E-state index in [1.807, 2.05) is 21.7 Å². The Hall–Kier alpha value is -1.07. The van der Waals surface area contributed by atoms with Crippen LogP contribution in [0.4, 0.5) is 0 Å². The maximum absolute atomic E-state index is 12.3. The summed E-state index contributed by atoms with van der Waals surface area (Å²) in [6, 6.07) is 2.67. The number of hydrogen-bond acceptors (Lipinski definition) is 4. The second-order valence-electron chi connectivity index (χ2n) is 6.27. The summed E-state index contributed by atoms with van der Waals surface area (Å²) in [6.07, 6.45) is 4.04. The van der Waals surface area contributed by atoms with E-state index in [4.69, 9.17) is 4.74 Å². The lowest BCUT2D eigenvalue weighted by Gasteiger charge is -2.37. The van der Waals surface area contributed by atoms with Crippen molar-refractivity contribution in [3.63, 3.8) is 0 Å². The van der Waals surface area contributed by atoms with Crippen molar-refractivity contribution in [3.05, 3.63) is 16.8 Å². The molecule has 1 saturated heterocycles. The molecule has 2 fully saturated rings. The van der Waals surface area contributed by atoms with Crippen LogP contribution in [-0.2, 0) is 4.79 Å². The molecular formula is C16H24N2O2S. The number of hydrogen-bond donors (Lipinski definition) is 0. The third-order valence-corrected chi connectivity index (χ3v) is 5.20. The zero-order chi connectivity index (χ0) is 14.7. The van der Waals surface area contributed by atoms with Gasteiger partial charge in [-0.3, -0.25) is 9.69 Å². The fraction of sp³-hybridized carbons (Fsp3) is 0.688. The smallest absolute Gasteiger partial charge is 0.260 e. The molecule has 21 heavy (non-hydrogen) atoms. The van der Waals surface area contributed by atoms with E-state index in [0.29, 0.717) is 5.92 Å². The van der Waals surface area contributed by atoms with Crippen LogP contribution in [0.1, 0.15) is 26.2 Å². The summed E-state index contributed by atoms with van der Waals surface area (Å²) in [5, 5.41) is 3.89. The Morgan fingerprint density at radius 3 is 2.90 bits per heavy atom. The van der Waals surface area contributed by atoms with Crippen molar-refractivity contribution < 1.29 is 9.53 Å². The average molecular weight is 308 g/mol. The average Bonchev–Trinajstić information content (AvgIpc) is 2.84. The predicted molar refractivity (Wildman–Crippen MR) is 84.8 cm³/mol. The molecule has 0 aromatic carbocycles. The van der Waals surface area contributed by atoms with Crippen LogP contribution >= 0.6 is 11.3 Å². The molecule has 3 rings (SSSR count). The molecule has 2 aliphatic rings. The maximum Gasteiger partial charge on any atom is 0.260 e. The van der Waals surface area contributed by atoms with E-state index in [-0.39, 0.29) is 12.5 Å². The zero-order valence-corrected chi connectivity index (χ0v) is 13.5. The highest BCUT2D eigenvalue weighted by atomic mass is 32.1. The SMILES string of the molecule is CC1CN(C(=O)COc2ccsc2)CCN(C2CCC2)C1. The highest BCUT2D eigenvalue weighted by Crippen LogP contribution is 2.26. The summed E-state index contributed by atoms with van der Waals surface area (Å²) < 4.78 is 5.55. The molecule has 0 spiro atoms. The summed E-state index contributed by atoms with van der Waals surface area (Å²) in [4.78, 5) is 16.9. The van der Waals surface area contributed by atoms with Gasteiger partial charge in [-0.1, -0.05) is 13.3 Å². The number of ether oxygens (including phenoxy) is 1. The van der Waals surface area contributed by atoms with Crippen molar-refractivity contribution in [2.75, 3.05) is 32.8 Å². The van der Waals surface area contributed by atoms with Crippen LogP contribution in [0, 0.1) is 5.92 Å². The molecule has 1 amide bonds. The fourth-order valence-corrected chi connectivity index (χ4v) is 3.72. The van der Waals surface area contributed by atoms with Crippen molar-refractivity contribution in [2.45, 2.75) is 32.2 Å². The minimum atomic E-state index is 0.114. The molecule has 1 atom stereocenters. The number of amides is 1. The van der Waals surface area contributed by atoms with Gasteiger partial charge in [0.15, 0.2) is 6.61 Å². The molecule has 1 aliphatic carbocycles. The van der Waals surface area contributed by atoms with E-state index in [1.54, 1.807) is 11.3 Å². The number of rotatable bonds is 4. The first-order valence-corrected chi connectivity index (χ1v) is 8.83. The molecule has 0 bridgehead atoms. The molecule has 116 valence electrons. The molecule has 4 nitrogen and oxygen atoms in total. The van der Waals surface area contributed by atoms with Crippen LogP contribution in [0.25, 0.3) is 0 Å². The summed E-state index contributed by atoms with van der Waals surface area (Å²) in [5.74, 6) is 1.45. The van der Waals surface area contributed by atoms with E-state index in [2.05, 4.69) is 11.8 Å². The fourth-order valence-electron chi connectivity index (χ4n) is 3.15. The van der Waals surface area contributed by atoms with Gasteiger partial charge >= 0.3 is 0 Å². The van der Waals surface area contributed by atoms with Gasteiger partial charge in [-0.25, -0.2) is 0 Å². The standard InChI is InChI=1S/C16H24N2O2S/c1-13-9-17(14-3-2-4-14)6-7-18(10-13)16(19)11-20-15-5-8-21-12-15/h5,8,12-14H,2-4,6-7,9-11H2,1H3. The lowest BCUT2D eigenvalue weighted by molar-refractivity contribution is -0.133. The quantitative estimate of drug-likeness (QED) is 0.856. The monoisotopic (exact) mass is 308 g/mol. The van der Waals surface area contributed by atoms with Gasteiger partial charge in [0.1, 0.15) is 5.75 Å². The highest BCUT2D eigenvalue weighted by molar-refractivity contribution is 7.08. The van der Waals surface area contributed by atoms with Crippen LogP contribution in [0.5, 0.6) is 5.75 Å². The van der Waals surface area contributed by atoms with E-state index in [1.165, 1.54) is 19.3 Å². The van der Waals surface area contributed by atoms with Gasteiger partial charge in [0.2, 0.25) is 0 Å². The van der Waals surface area contributed by atoms with Crippen molar-refractivity contribution in [1.29, 1.82) is 0 Å². The lowest BCUT2D eigenvalue weighted by Crippen LogP contribution is -2.43. The molecule has 1 aliphatic heterocycles. The third kappa shape index (κ3) is 3.77. The predicted octanol–water partition coefficient (Wildman–Crippen LogP) is 2.46. The maximum atomic E-state index is 12.3. The second kappa shape index (κ2) is 6.79. The van der Waals surface area contributed by atoms with Crippen LogP contribution in [-0.4, -0.2) is 54.5 Å². The molecule has 1 aromatic rings. The molecule has 2 heterocycles. The third-order valence-electron chi connectivity index (χ3n) is 4.54. The largest absolute Gasteiger partial charge is 0.483 e. The molecular weight excluding hydrogens is 284 g/mol. The summed E-state index contributed by atoms with van der Waals surface area (Å²) in [6.45, 7) is 6.24. The Labute approximate surface area is 130 Å². The first-order valence-electron chi connectivity index (χ1n) is 7.89. The molecule has 0 N–H and O–H groups in total. The molecule has 1 aromatic heterocycles. The topological polar surface area (TPSA) is 32.8 Å². The number of carbonyl (C=O) groups excluding carboxylic acids is 1. The number of carbonyl (C=O) groups is 1.